The van der Waals surface area contributed by atoms with E-state index in [1.54, 1.807) is 0 Å². The number of carbonyl (C=O) groups excluding carboxylic acids is 1. The minimum absolute atomic E-state index is 0.120. The Hall–Kier alpha value is -1.19. The molecule has 4 N–H and O–H groups in total. The normalized spacial score (nSPS) is 26.3. The average molecular weight is 335 g/mol. The maximum atomic E-state index is 12.1. The first-order chi connectivity index (χ1) is 9.77. The van der Waals surface area contributed by atoms with E-state index in [-0.39, 0.29) is 10.5 Å². The van der Waals surface area contributed by atoms with Crippen molar-refractivity contribution in [2.45, 2.75) is 36.2 Å². The van der Waals surface area contributed by atoms with Crippen LogP contribution >= 0.6 is 10.7 Å². The molecule has 1 aliphatic rings. The predicted molar refractivity (Wildman–Crippen MR) is 75.1 cm³/mol. The van der Waals surface area contributed by atoms with Crippen LogP contribution in [-0.2, 0) is 9.05 Å². The Labute approximate surface area is 126 Å². The van der Waals surface area contributed by atoms with Crippen LogP contribution in [0.1, 0.15) is 23.2 Å². The molecule has 0 bridgehead atoms. The van der Waals surface area contributed by atoms with E-state index in [9.17, 15) is 23.4 Å². The fourth-order valence-corrected chi connectivity index (χ4v) is 2.88. The molecule has 0 radical (unpaired) electrons. The van der Waals surface area contributed by atoms with Crippen molar-refractivity contribution < 1.29 is 23.4 Å². The van der Waals surface area contributed by atoms with Crippen molar-refractivity contribution in [2.24, 2.45) is 0 Å². The second-order valence-electron chi connectivity index (χ2n) is 4.75. The zero-order valence-electron chi connectivity index (χ0n) is 10.9. The Kier molecular flexibility index (Phi) is 4.84. The van der Waals surface area contributed by atoms with Gasteiger partial charge in [0.1, 0.15) is 12.5 Å². The molecule has 1 fully saturated rings. The van der Waals surface area contributed by atoms with Crippen molar-refractivity contribution >= 4 is 25.6 Å². The van der Waals surface area contributed by atoms with Crippen molar-refractivity contribution in [3.05, 3.63) is 29.8 Å². The van der Waals surface area contributed by atoms with Gasteiger partial charge in [-0.1, -0.05) is 6.07 Å². The molecule has 1 saturated heterocycles. The SMILES string of the molecule is O=C(NC1CCC(O)NC1O)c1cccc(S(=O)(=O)Cl)c1. The summed E-state index contributed by atoms with van der Waals surface area (Å²) >= 11 is 0. The minimum atomic E-state index is -3.91. The van der Waals surface area contributed by atoms with Gasteiger partial charge < -0.3 is 15.5 Å². The molecule has 1 aromatic carbocycles. The monoisotopic (exact) mass is 334 g/mol. The van der Waals surface area contributed by atoms with E-state index in [2.05, 4.69) is 10.6 Å². The number of nitrogens with one attached hydrogen (secondary N) is 2. The number of piperidine rings is 1. The van der Waals surface area contributed by atoms with Gasteiger partial charge in [-0.2, -0.15) is 0 Å². The summed E-state index contributed by atoms with van der Waals surface area (Å²) in [5.41, 5.74) is 0.120. The largest absolute Gasteiger partial charge is 0.379 e. The molecule has 1 amide bonds. The molecule has 3 unspecified atom stereocenters. The quantitative estimate of drug-likeness (QED) is 0.566. The van der Waals surface area contributed by atoms with Crippen LogP contribution in [0.4, 0.5) is 0 Å². The van der Waals surface area contributed by atoms with Crippen LogP contribution < -0.4 is 10.6 Å². The van der Waals surface area contributed by atoms with Crippen LogP contribution in [0.3, 0.4) is 0 Å². The molecule has 9 heteroatoms. The van der Waals surface area contributed by atoms with Crippen LogP contribution in [0.5, 0.6) is 0 Å². The third kappa shape index (κ3) is 4.14. The standard InChI is InChI=1S/C12H15ClN2O5S/c13-21(19,20)8-3-1-2-7(6-8)11(17)14-9-4-5-10(16)15-12(9)18/h1-3,6,9-10,12,15-16,18H,4-5H2,(H,14,17). The van der Waals surface area contributed by atoms with Crippen LogP contribution in [0, 0.1) is 0 Å². The van der Waals surface area contributed by atoms with Crippen LogP contribution in [-0.4, -0.2) is 43.0 Å². The Balaban J connectivity index is 2.10. The van der Waals surface area contributed by atoms with E-state index in [0.717, 1.165) is 6.07 Å². The highest BCUT2D eigenvalue weighted by atomic mass is 35.7. The van der Waals surface area contributed by atoms with E-state index >= 15 is 0 Å². The van der Waals surface area contributed by atoms with Crippen LogP contribution in [0.25, 0.3) is 0 Å². The van der Waals surface area contributed by atoms with Crippen molar-refractivity contribution in [1.29, 1.82) is 0 Å². The fraction of sp³-hybridized carbons (Fsp3) is 0.417. The first kappa shape index (κ1) is 16.2. The second-order valence-corrected chi connectivity index (χ2v) is 7.32. The lowest BCUT2D eigenvalue weighted by Crippen LogP contribution is -2.56. The summed E-state index contributed by atoms with van der Waals surface area (Å²) in [7, 11) is 1.32. The molecule has 7 nitrogen and oxygen atoms in total. The summed E-state index contributed by atoms with van der Waals surface area (Å²) < 4.78 is 22.5. The van der Waals surface area contributed by atoms with E-state index in [1.807, 2.05) is 0 Å². The van der Waals surface area contributed by atoms with E-state index in [1.165, 1.54) is 18.2 Å². The van der Waals surface area contributed by atoms with Crippen molar-refractivity contribution in [1.82, 2.24) is 10.6 Å². The smallest absolute Gasteiger partial charge is 0.261 e. The molecule has 0 spiro atoms. The van der Waals surface area contributed by atoms with Gasteiger partial charge in [-0.15, -0.1) is 0 Å². The molecular formula is C12H15ClN2O5S. The van der Waals surface area contributed by atoms with Gasteiger partial charge in [0.15, 0.2) is 0 Å². The third-order valence-electron chi connectivity index (χ3n) is 3.19. The Morgan fingerprint density at radius 3 is 2.67 bits per heavy atom. The second kappa shape index (κ2) is 6.29. The summed E-state index contributed by atoms with van der Waals surface area (Å²) in [6.45, 7) is 0. The van der Waals surface area contributed by atoms with Gasteiger partial charge in [0.25, 0.3) is 15.0 Å². The van der Waals surface area contributed by atoms with Gasteiger partial charge >= 0.3 is 0 Å². The molecule has 1 aromatic rings. The molecule has 2 rings (SSSR count). The number of aliphatic hydroxyl groups is 2. The van der Waals surface area contributed by atoms with Crippen molar-refractivity contribution in [3.63, 3.8) is 0 Å². The highest BCUT2D eigenvalue weighted by Crippen LogP contribution is 2.17. The fourth-order valence-electron chi connectivity index (χ4n) is 2.08. The molecule has 0 saturated carbocycles. The van der Waals surface area contributed by atoms with Gasteiger partial charge in [0.2, 0.25) is 0 Å². The zero-order valence-corrected chi connectivity index (χ0v) is 12.4. The molecule has 1 heterocycles. The molecule has 0 aliphatic carbocycles. The highest BCUT2D eigenvalue weighted by Gasteiger charge is 2.28. The average Bonchev–Trinajstić information content (AvgIpc) is 2.41. The first-order valence-corrected chi connectivity index (χ1v) is 8.56. The Morgan fingerprint density at radius 1 is 1.33 bits per heavy atom. The summed E-state index contributed by atoms with van der Waals surface area (Å²) in [6.07, 6.45) is -1.09. The minimum Gasteiger partial charge on any atom is -0.379 e. The van der Waals surface area contributed by atoms with E-state index < -0.39 is 33.5 Å². The molecule has 21 heavy (non-hydrogen) atoms. The summed E-state index contributed by atoms with van der Waals surface area (Å²) in [5.74, 6) is -0.528. The lowest BCUT2D eigenvalue weighted by atomic mass is 10.0. The number of halogens is 1. The van der Waals surface area contributed by atoms with Gasteiger partial charge in [-0.25, -0.2) is 8.42 Å². The maximum Gasteiger partial charge on any atom is 0.261 e. The first-order valence-electron chi connectivity index (χ1n) is 6.25. The van der Waals surface area contributed by atoms with Crippen molar-refractivity contribution in [2.75, 3.05) is 0 Å². The molecule has 3 atom stereocenters. The maximum absolute atomic E-state index is 12.1. The number of benzene rings is 1. The molecule has 116 valence electrons. The van der Waals surface area contributed by atoms with E-state index in [0.29, 0.717) is 12.8 Å². The van der Waals surface area contributed by atoms with Crippen LogP contribution in [0.2, 0.25) is 0 Å². The molecular weight excluding hydrogens is 320 g/mol. The van der Waals surface area contributed by atoms with Crippen LogP contribution in [0.15, 0.2) is 29.2 Å². The zero-order chi connectivity index (χ0) is 15.6. The summed E-state index contributed by atoms with van der Waals surface area (Å²) in [4.78, 5) is 11.9. The number of amides is 1. The van der Waals surface area contributed by atoms with Gasteiger partial charge in [-0.05, 0) is 31.0 Å². The summed E-state index contributed by atoms with van der Waals surface area (Å²) in [6, 6.07) is 4.72. The lowest BCUT2D eigenvalue weighted by Gasteiger charge is -2.32. The Bertz CT molecular complexity index is 636. The Morgan fingerprint density at radius 2 is 2.05 bits per heavy atom. The number of carbonyl (C=O) groups is 1. The van der Waals surface area contributed by atoms with Gasteiger partial charge in [0, 0.05) is 16.2 Å². The predicted octanol–water partition coefficient (Wildman–Crippen LogP) is -0.267. The number of hydrogen-bond donors (Lipinski definition) is 4. The van der Waals surface area contributed by atoms with Gasteiger partial charge in [0.05, 0.1) is 10.9 Å². The number of hydrogen-bond acceptors (Lipinski definition) is 6. The third-order valence-corrected chi connectivity index (χ3v) is 4.54. The topological polar surface area (TPSA) is 116 Å². The number of rotatable bonds is 3. The highest BCUT2D eigenvalue weighted by molar-refractivity contribution is 8.13. The molecule has 1 aliphatic heterocycles. The van der Waals surface area contributed by atoms with E-state index in [4.69, 9.17) is 10.7 Å². The lowest BCUT2D eigenvalue weighted by molar-refractivity contribution is -0.0161. The summed E-state index contributed by atoms with van der Waals surface area (Å²) in [5, 5.41) is 24.1. The van der Waals surface area contributed by atoms with Crippen molar-refractivity contribution in [3.8, 4) is 0 Å². The molecule has 0 aromatic heterocycles. The number of aliphatic hydroxyl groups excluding tert-OH is 2. The van der Waals surface area contributed by atoms with Gasteiger partial charge in [-0.3, -0.25) is 10.1 Å².